The molecule has 0 radical (unpaired) electrons. The zero-order chi connectivity index (χ0) is 17.6. The maximum absolute atomic E-state index is 12.7. The Labute approximate surface area is 157 Å². The molecule has 3 rings (SSSR count). The molecular formula is C20H19NO2S2. The van der Waals surface area contributed by atoms with Crippen molar-refractivity contribution in [2.75, 3.05) is 12.4 Å². The number of carbonyl (C=O) groups is 1. The number of rotatable bonds is 5. The van der Waals surface area contributed by atoms with E-state index in [-0.39, 0.29) is 11.3 Å². The van der Waals surface area contributed by atoms with Crippen LogP contribution in [0.4, 0.5) is 0 Å². The van der Waals surface area contributed by atoms with Crippen molar-refractivity contribution in [3.63, 3.8) is 0 Å². The van der Waals surface area contributed by atoms with E-state index in [9.17, 15) is 4.79 Å². The van der Waals surface area contributed by atoms with Gasteiger partial charge in [-0.05, 0) is 24.1 Å². The van der Waals surface area contributed by atoms with Crippen molar-refractivity contribution in [1.29, 1.82) is 0 Å². The minimum Gasteiger partial charge on any atom is -0.461 e. The molecule has 2 aromatic carbocycles. The minimum absolute atomic E-state index is 0.0203. The fraction of sp³-hybridized carbons (Fsp3) is 0.200. The number of nitrogens with zero attached hydrogens (tertiary/aromatic N) is 1. The number of thiocarbonyl (C=S) groups is 1. The summed E-state index contributed by atoms with van der Waals surface area (Å²) in [5.41, 5.74) is 2.55. The highest BCUT2D eigenvalue weighted by atomic mass is 32.2. The molecule has 1 fully saturated rings. The van der Waals surface area contributed by atoms with Crippen molar-refractivity contribution < 1.29 is 9.53 Å². The third kappa shape index (κ3) is 4.11. The smallest absolute Gasteiger partial charge is 0.355 e. The monoisotopic (exact) mass is 369 g/mol. The summed E-state index contributed by atoms with van der Waals surface area (Å²) >= 11 is 7.29. The first-order chi connectivity index (χ1) is 12.2. The molecular weight excluding hydrogens is 350 g/mol. The minimum atomic E-state index is -0.350. The Kier molecular flexibility index (Phi) is 5.89. The van der Waals surface area contributed by atoms with Crippen molar-refractivity contribution in [2.45, 2.75) is 12.3 Å². The number of ether oxygens (including phenoxy) is 1. The topological polar surface area (TPSA) is 29.5 Å². The second-order valence-electron chi connectivity index (χ2n) is 5.50. The summed E-state index contributed by atoms with van der Waals surface area (Å²) in [7, 11) is 0. The molecule has 0 N–H and O–H groups in total. The first-order valence-electron chi connectivity index (χ1n) is 8.13. The first kappa shape index (κ1) is 17.7. The number of thioether (sulfide) groups is 1. The largest absolute Gasteiger partial charge is 0.461 e. The normalized spacial score (nSPS) is 17.6. The number of benzene rings is 2. The molecule has 1 saturated heterocycles. The Hall–Kier alpha value is -2.11. The Balaban J connectivity index is 2.02. The summed E-state index contributed by atoms with van der Waals surface area (Å²) in [6.07, 6.45) is 1.85. The van der Waals surface area contributed by atoms with Gasteiger partial charge in [-0.3, -0.25) is 0 Å². The molecule has 5 heteroatoms. The van der Waals surface area contributed by atoms with Crippen molar-refractivity contribution in [3.8, 4) is 0 Å². The van der Waals surface area contributed by atoms with E-state index in [2.05, 4.69) is 12.1 Å². The van der Waals surface area contributed by atoms with Gasteiger partial charge in [0.2, 0.25) is 0 Å². The summed E-state index contributed by atoms with van der Waals surface area (Å²) in [6.45, 7) is 2.14. The van der Waals surface area contributed by atoms with Crippen LogP contribution in [-0.4, -0.2) is 28.2 Å². The SMILES string of the molecule is CCOC(=O)/C(=C/c1ccccc1)N1C(=S)CSC1c1ccccc1. The number of hydrogen-bond acceptors (Lipinski definition) is 4. The molecule has 0 saturated carbocycles. The molecule has 1 heterocycles. The van der Waals surface area contributed by atoms with Gasteiger partial charge in [0.25, 0.3) is 0 Å². The Morgan fingerprint density at radius 1 is 1.20 bits per heavy atom. The second-order valence-corrected chi connectivity index (χ2v) is 7.04. The molecule has 0 aromatic heterocycles. The number of esters is 1. The summed E-state index contributed by atoms with van der Waals surface area (Å²) in [6, 6.07) is 19.9. The first-order valence-corrected chi connectivity index (χ1v) is 9.59. The maximum atomic E-state index is 12.7. The summed E-state index contributed by atoms with van der Waals surface area (Å²) in [4.78, 5) is 15.3. The van der Waals surface area contributed by atoms with Crippen LogP contribution < -0.4 is 0 Å². The molecule has 25 heavy (non-hydrogen) atoms. The van der Waals surface area contributed by atoms with E-state index in [1.165, 1.54) is 0 Å². The predicted octanol–water partition coefficient (Wildman–Crippen LogP) is 4.67. The molecule has 0 amide bonds. The van der Waals surface area contributed by atoms with Gasteiger partial charge in [-0.25, -0.2) is 4.79 Å². The van der Waals surface area contributed by atoms with Crippen molar-refractivity contribution in [1.82, 2.24) is 4.90 Å². The fourth-order valence-corrected chi connectivity index (χ4v) is 4.34. The quantitative estimate of drug-likeness (QED) is 0.434. The van der Waals surface area contributed by atoms with Crippen molar-refractivity contribution >= 4 is 41.0 Å². The van der Waals surface area contributed by atoms with E-state index in [0.29, 0.717) is 18.1 Å². The van der Waals surface area contributed by atoms with Crippen LogP contribution in [-0.2, 0) is 9.53 Å². The average molecular weight is 370 g/mol. The van der Waals surface area contributed by atoms with E-state index in [1.54, 1.807) is 11.8 Å². The van der Waals surface area contributed by atoms with Crippen molar-refractivity contribution in [3.05, 3.63) is 77.5 Å². The third-order valence-electron chi connectivity index (χ3n) is 3.80. The van der Waals surface area contributed by atoms with Crippen LogP contribution in [0.1, 0.15) is 23.4 Å². The Bertz CT molecular complexity index is 775. The average Bonchev–Trinajstić information content (AvgIpc) is 3.03. The molecule has 0 bridgehead atoms. The molecule has 1 atom stereocenters. The van der Waals surface area contributed by atoms with E-state index >= 15 is 0 Å². The molecule has 0 spiro atoms. The van der Waals surface area contributed by atoms with Crippen LogP contribution >= 0.6 is 24.0 Å². The van der Waals surface area contributed by atoms with E-state index in [1.807, 2.05) is 66.4 Å². The van der Waals surface area contributed by atoms with Gasteiger partial charge in [-0.2, -0.15) is 0 Å². The number of carbonyl (C=O) groups excluding carboxylic acids is 1. The lowest BCUT2D eigenvalue weighted by Crippen LogP contribution is -2.31. The van der Waals surface area contributed by atoms with Gasteiger partial charge in [0.15, 0.2) is 0 Å². The van der Waals surface area contributed by atoms with Crippen molar-refractivity contribution in [2.24, 2.45) is 0 Å². The molecule has 0 aliphatic carbocycles. The number of hydrogen-bond donors (Lipinski definition) is 0. The van der Waals surface area contributed by atoms with Gasteiger partial charge in [-0.1, -0.05) is 72.9 Å². The van der Waals surface area contributed by atoms with Gasteiger partial charge in [0.1, 0.15) is 11.1 Å². The lowest BCUT2D eigenvalue weighted by atomic mass is 10.1. The van der Waals surface area contributed by atoms with Crippen LogP contribution in [0.15, 0.2) is 66.4 Å². The highest BCUT2D eigenvalue weighted by molar-refractivity contribution is 8.02. The molecule has 1 aliphatic heterocycles. The second kappa shape index (κ2) is 8.32. The van der Waals surface area contributed by atoms with Crippen LogP contribution in [0.25, 0.3) is 6.08 Å². The van der Waals surface area contributed by atoms with E-state index in [4.69, 9.17) is 17.0 Å². The van der Waals surface area contributed by atoms with Crippen LogP contribution in [0.3, 0.4) is 0 Å². The van der Waals surface area contributed by atoms with E-state index in [0.717, 1.165) is 16.1 Å². The van der Waals surface area contributed by atoms with Gasteiger partial charge < -0.3 is 9.64 Å². The zero-order valence-corrected chi connectivity index (χ0v) is 15.6. The maximum Gasteiger partial charge on any atom is 0.355 e. The van der Waals surface area contributed by atoms with Crippen LogP contribution in [0, 0.1) is 0 Å². The molecule has 3 nitrogen and oxygen atoms in total. The van der Waals surface area contributed by atoms with Crippen LogP contribution in [0.2, 0.25) is 0 Å². The third-order valence-corrected chi connectivity index (χ3v) is 5.56. The van der Waals surface area contributed by atoms with E-state index < -0.39 is 0 Å². The summed E-state index contributed by atoms with van der Waals surface area (Å²) < 4.78 is 5.30. The highest BCUT2D eigenvalue weighted by Crippen LogP contribution is 2.42. The van der Waals surface area contributed by atoms with Gasteiger partial charge in [-0.15, -0.1) is 11.8 Å². The van der Waals surface area contributed by atoms with Gasteiger partial charge in [0, 0.05) is 5.75 Å². The summed E-state index contributed by atoms with van der Waals surface area (Å²) in [5, 5.41) is -0.0203. The van der Waals surface area contributed by atoms with Crippen LogP contribution in [0.5, 0.6) is 0 Å². The molecule has 128 valence electrons. The molecule has 2 aromatic rings. The van der Waals surface area contributed by atoms with Gasteiger partial charge in [0.05, 0.1) is 11.6 Å². The standard InChI is InChI=1S/C20H19NO2S2/c1-2-23-20(22)17(13-15-9-5-3-6-10-15)21-18(24)14-25-19(21)16-11-7-4-8-12-16/h3-13,19H,2,14H2,1H3/b17-13-. The fourth-order valence-electron chi connectivity index (χ4n) is 2.69. The lowest BCUT2D eigenvalue weighted by Gasteiger charge is -2.27. The predicted molar refractivity (Wildman–Crippen MR) is 107 cm³/mol. The highest BCUT2D eigenvalue weighted by Gasteiger charge is 2.35. The van der Waals surface area contributed by atoms with Gasteiger partial charge >= 0.3 is 5.97 Å². The Morgan fingerprint density at radius 2 is 1.84 bits per heavy atom. The Morgan fingerprint density at radius 3 is 2.48 bits per heavy atom. The lowest BCUT2D eigenvalue weighted by molar-refractivity contribution is -0.139. The zero-order valence-electron chi connectivity index (χ0n) is 13.9. The molecule has 1 unspecified atom stereocenters. The summed E-state index contributed by atoms with van der Waals surface area (Å²) in [5.74, 6) is 0.359. The molecule has 1 aliphatic rings.